The number of hydrogen-bond acceptors (Lipinski definition) is 5. The maximum Gasteiger partial charge on any atom is 0.243 e. The van der Waals surface area contributed by atoms with Gasteiger partial charge in [-0.2, -0.15) is 0 Å². The fraction of sp³-hybridized carbons (Fsp3) is 0.429. The molecule has 2 rings (SSSR count). The lowest BCUT2D eigenvalue weighted by atomic mass is 10.7. The molecule has 0 atom stereocenters. The van der Waals surface area contributed by atoms with Gasteiger partial charge in [0.2, 0.25) is 16.0 Å². The standard InChI is InChI=1S/C7H10N4O2S/c8-7-9-3-6(4-10-7)14(12,13)11-5-1-2-5/h3-5,11H,1-2H2,(H2,8,9,10). The lowest BCUT2D eigenvalue weighted by Crippen LogP contribution is -2.26. The lowest BCUT2D eigenvalue weighted by Gasteiger charge is -2.03. The molecule has 0 bridgehead atoms. The molecule has 1 aliphatic rings. The van der Waals surface area contributed by atoms with Crippen molar-refractivity contribution in [2.45, 2.75) is 23.8 Å². The van der Waals surface area contributed by atoms with E-state index in [1.165, 1.54) is 12.4 Å². The van der Waals surface area contributed by atoms with E-state index in [0.717, 1.165) is 12.8 Å². The summed E-state index contributed by atoms with van der Waals surface area (Å²) in [7, 11) is -3.44. The van der Waals surface area contributed by atoms with Gasteiger partial charge >= 0.3 is 0 Å². The van der Waals surface area contributed by atoms with E-state index in [1.54, 1.807) is 0 Å². The van der Waals surface area contributed by atoms with Crippen molar-refractivity contribution in [2.75, 3.05) is 5.73 Å². The van der Waals surface area contributed by atoms with Gasteiger partial charge in [-0.25, -0.2) is 23.1 Å². The van der Waals surface area contributed by atoms with Crippen LogP contribution in [-0.2, 0) is 10.0 Å². The molecule has 3 N–H and O–H groups in total. The van der Waals surface area contributed by atoms with E-state index in [4.69, 9.17) is 5.73 Å². The lowest BCUT2D eigenvalue weighted by molar-refractivity contribution is 0.580. The van der Waals surface area contributed by atoms with Crippen LogP contribution in [0.25, 0.3) is 0 Å². The molecule has 1 heterocycles. The van der Waals surface area contributed by atoms with Crippen LogP contribution in [0.1, 0.15) is 12.8 Å². The average molecular weight is 214 g/mol. The summed E-state index contributed by atoms with van der Waals surface area (Å²) in [4.78, 5) is 7.30. The Balaban J connectivity index is 2.24. The first-order chi connectivity index (χ1) is 6.58. The van der Waals surface area contributed by atoms with Crippen LogP contribution >= 0.6 is 0 Å². The first kappa shape index (κ1) is 9.35. The van der Waals surface area contributed by atoms with Crippen LogP contribution in [-0.4, -0.2) is 24.4 Å². The van der Waals surface area contributed by atoms with Crippen LogP contribution in [0, 0.1) is 0 Å². The summed E-state index contributed by atoms with van der Waals surface area (Å²) in [5.74, 6) is 0.0652. The van der Waals surface area contributed by atoms with Crippen molar-refractivity contribution in [3.05, 3.63) is 12.4 Å². The second kappa shape index (κ2) is 3.18. The highest BCUT2D eigenvalue weighted by Crippen LogP contribution is 2.21. The molecule has 7 heteroatoms. The van der Waals surface area contributed by atoms with Crippen molar-refractivity contribution in [3.63, 3.8) is 0 Å². The van der Waals surface area contributed by atoms with Crippen molar-refractivity contribution >= 4 is 16.0 Å². The third-order valence-electron chi connectivity index (χ3n) is 1.86. The molecule has 6 nitrogen and oxygen atoms in total. The predicted molar refractivity (Wildman–Crippen MR) is 49.8 cm³/mol. The Morgan fingerprint density at radius 3 is 2.43 bits per heavy atom. The Labute approximate surface area is 81.6 Å². The highest BCUT2D eigenvalue weighted by molar-refractivity contribution is 7.89. The first-order valence-electron chi connectivity index (χ1n) is 4.18. The van der Waals surface area contributed by atoms with Gasteiger partial charge in [-0.05, 0) is 12.8 Å². The summed E-state index contributed by atoms with van der Waals surface area (Å²) in [6.07, 6.45) is 4.20. The average Bonchev–Trinajstić information content (AvgIpc) is 2.88. The maximum atomic E-state index is 11.6. The number of nitrogens with one attached hydrogen (secondary N) is 1. The first-order valence-corrected chi connectivity index (χ1v) is 5.66. The summed E-state index contributed by atoms with van der Waals surface area (Å²) < 4.78 is 25.6. The Hall–Kier alpha value is -1.21. The fourth-order valence-electron chi connectivity index (χ4n) is 0.954. The highest BCUT2D eigenvalue weighted by atomic mass is 32.2. The van der Waals surface area contributed by atoms with Gasteiger partial charge in [0.1, 0.15) is 4.90 Å². The van der Waals surface area contributed by atoms with Crippen molar-refractivity contribution in [1.82, 2.24) is 14.7 Å². The number of sulfonamides is 1. The minimum absolute atomic E-state index is 0.0543. The van der Waals surface area contributed by atoms with Crippen molar-refractivity contribution in [3.8, 4) is 0 Å². The van der Waals surface area contributed by atoms with E-state index >= 15 is 0 Å². The molecule has 0 amide bonds. The molecule has 1 saturated carbocycles. The summed E-state index contributed by atoms with van der Waals surface area (Å²) in [5, 5.41) is 0. The molecule has 14 heavy (non-hydrogen) atoms. The van der Waals surface area contributed by atoms with Gasteiger partial charge in [-0.1, -0.05) is 0 Å². The number of anilines is 1. The second-order valence-corrected chi connectivity index (χ2v) is 4.89. The smallest absolute Gasteiger partial charge is 0.243 e. The Kier molecular flexibility index (Phi) is 2.12. The van der Waals surface area contributed by atoms with Crippen LogP contribution < -0.4 is 10.5 Å². The zero-order valence-corrected chi connectivity index (χ0v) is 8.16. The van der Waals surface area contributed by atoms with Gasteiger partial charge in [-0.15, -0.1) is 0 Å². The molecular weight excluding hydrogens is 204 g/mol. The van der Waals surface area contributed by atoms with Gasteiger partial charge in [-0.3, -0.25) is 0 Å². The molecule has 0 aliphatic heterocycles. The molecule has 0 saturated heterocycles. The van der Waals surface area contributed by atoms with E-state index in [0.29, 0.717) is 0 Å². The minimum atomic E-state index is -3.44. The van der Waals surface area contributed by atoms with Gasteiger partial charge in [0.15, 0.2) is 0 Å². The number of aromatic nitrogens is 2. The molecule has 0 aromatic carbocycles. The quantitative estimate of drug-likeness (QED) is 0.706. The van der Waals surface area contributed by atoms with E-state index in [9.17, 15) is 8.42 Å². The Morgan fingerprint density at radius 2 is 1.93 bits per heavy atom. The summed E-state index contributed by atoms with van der Waals surface area (Å²) >= 11 is 0. The van der Waals surface area contributed by atoms with Crippen LogP contribution in [0.2, 0.25) is 0 Å². The molecule has 0 radical (unpaired) electrons. The number of nitrogens with zero attached hydrogens (tertiary/aromatic N) is 2. The van der Waals surface area contributed by atoms with Gasteiger partial charge < -0.3 is 5.73 Å². The topological polar surface area (TPSA) is 98.0 Å². The zero-order chi connectivity index (χ0) is 10.2. The van der Waals surface area contributed by atoms with E-state index < -0.39 is 10.0 Å². The molecule has 76 valence electrons. The molecule has 1 fully saturated rings. The molecule has 0 spiro atoms. The largest absolute Gasteiger partial charge is 0.368 e. The van der Waals surface area contributed by atoms with Crippen LogP contribution in [0.3, 0.4) is 0 Å². The summed E-state index contributed by atoms with van der Waals surface area (Å²) in [5.41, 5.74) is 5.25. The van der Waals surface area contributed by atoms with Crippen LogP contribution in [0.4, 0.5) is 5.95 Å². The fourth-order valence-corrected chi connectivity index (χ4v) is 2.15. The number of nitrogens with two attached hydrogens (primary N) is 1. The Bertz CT molecular complexity index is 424. The predicted octanol–water partition coefficient (Wildman–Crippen LogP) is -0.500. The third kappa shape index (κ3) is 1.99. The van der Waals surface area contributed by atoms with Gasteiger partial charge in [0.25, 0.3) is 0 Å². The second-order valence-electron chi connectivity index (χ2n) is 3.17. The van der Waals surface area contributed by atoms with Crippen LogP contribution in [0.5, 0.6) is 0 Å². The molecule has 0 unspecified atom stereocenters. The van der Waals surface area contributed by atoms with Crippen molar-refractivity contribution in [2.24, 2.45) is 0 Å². The molecule has 1 aromatic rings. The van der Waals surface area contributed by atoms with Crippen LogP contribution in [0.15, 0.2) is 17.3 Å². The summed E-state index contributed by atoms with van der Waals surface area (Å²) in [6, 6.07) is 0.0811. The maximum absolute atomic E-state index is 11.6. The molecule has 1 aromatic heterocycles. The number of rotatable bonds is 3. The SMILES string of the molecule is Nc1ncc(S(=O)(=O)NC2CC2)cn1. The zero-order valence-electron chi connectivity index (χ0n) is 7.34. The monoisotopic (exact) mass is 214 g/mol. The third-order valence-corrected chi connectivity index (χ3v) is 3.33. The number of hydrogen-bond donors (Lipinski definition) is 2. The van der Waals surface area contributed by atoms with Crippen molar-refractivity contribution < 1.29 is 8.42 Å². The minimum Gasteiger partial charge on any atom is -0.368 e. The molecule has 1 aliphatic carbocycles. The normalized spacial score (nSPS) is 16.9. The highest BCUT2D eigenvalue weighted by Gasteiger charge is 2.28. The van der Waals surface area contributed by atoms with E-state index in [2.05, 4.69) is 14.7 Å². The Morgan fingerprint density at radius 1 is 1.36 bits per heavy atom. The van der Waals surface area contributed by atoms with Gasteiger partial charge in [0.05, 0.1) is 12.4 Å². The number of nitrogen functional groups attached to an aromatic ring is 1. The molecular formula is C7H10N4O2S. The van der Waals surface area contributed by atoms with E-state index in [1.807, 2.05) is 0 Å². The van der Waals surface area contributed by atoms with Gasteiger partial charge in [0, 0.05) is 6.04 Å². The van der Waals surface area contributed by atoms with Crippen molar-refractivity contribution in [1.29, 1.82) is 0 Å². The van der Waals surface area contributed by atoms with E-state index in [-0.39, 0.29) is 16.9 Å². The summed E-state index contributed by atoms with van der Waals surface area (Å²) in [6.45, 7) is 0.